The van der Waals surface area contributed by atoms with Crippen LogP contribution in [0.3, 0.4) is 0 Å². The highest BCUT2D eigenvalue weighted by atomic mass is 32.2. The van der Waals surface area contributed by atoms with Gasteiger partial charge in [-0.05, 0) is 25.0 Å². The van der Waals surface area contributed by atoms with Gasteiger partial charge in [-0.2, -0.15) is 0 Å². The third-order valence-corrected chi connectivity index (χ3v) is 5.32. The minimum atomic E-state index is -0.511. The first-order chi connectivity index (χ1) is 7.41. The summed E-state index contributed by atoms with van der Waals surface area (Å²) in [5, 5.41) is 0. The summed E-state index contributed by atoms with van der Waals surface area (Å²) >= 11 is 8.19. The predicted molar refractivity (Wildman–Crippen MR) is 78.2 cm³/mol. The van der Waals surface area contributed by atoms with Gasteiger partial charge in [-0.25, -0.2) is 0 Å². The second-order valence-electron chi connectivity index (χ2n) is 3.99. The SMILES string of the molecule is CCC(CC(C)C)(SC(=S)SC)C(=O)OC. The van der Waals surface area contributed by atoms with E-state index in [1.807, 2.05) is 13.2 Å². The molecule has 0 bridgehead atoms. The Bertz CT molecular complexity index is 254. The van der Waals surface area contributed by atoms with Gasteiger partial charge in [0.05, 0.1) is 7.11 Å². The lowest BCUT2D eigenvalue weighted by atomic mass is 9.94. The number of thioether (sulfide) groups is 2. The van der Waals surface area contributed by atoms with Crippen LogP contribution >= 0.6 is 35.7 Å². The van der Waals surface area contributed by atoms with Gasteiger partial charge in [-0.15, -0.1) is 11.8 Å². The topological polar surface area (TPSA) is 26.3 Å². The van der Waals surface area contributed by atoms with Crippen LogP contribution in [0.4, 0.5) is 0 Å². The van der Waals surface area contributed by atoms with Crippen LogP contribution in [0, 0.1) is 5.92 Å². The molecule has 0 aliphatic heterocycles. The van der Waals surface area contributed by atoms with E-state index in [1.165, 1.54) is 30.6 Å². The standard InChI is InChI=1S/C11H20O2S3/c1-6-11(7-8(2)3,9(12)13-4)16-10(14)15-5/h8H,6-7H2,1-5H3. The van der Waals surface area contributed by atoms with Crippen LogP contribution in [-0.2, 0) is 9.53 Å². The summed E-state index contributed by atoms with van der Waals surface area (Å²) in [6.07, 6.45) is 3.47. The largest absolute Gasteiger partial charge is 0.468 e. The molecule has 0 N–H and O–H groups in total. The molecule has 16 heavy (non-hydrogen) atoms. The van der Waals surface area contributed by atoms with Crippen molar-refractivity contribution >= 4 is 45.2 Å². The Balaban J connectivity index is 4.95. The van der Waals surface area contributed by atoms with Gasteiger partial charge in [-0.3, -0.25) is 4.79 Å². The molecule has 0 aromatic carbocycles. The van der Waals surface area contributed by atoms with E-state index >= 15 is 0 Å². The van der Waals surface area contributed by atoms with Crippen LogP contribution in [0.15, 0.2) is 0 Å². The van der Waals surface area contributed by atoms with E-state index in [0.29, 0.717) is 5.92 Å². The Morgan fingerprint density at radius 3 is 2.38 bits per heavy atom. The first kappa shape index (κ1) is 16.3. The van der Waals surface area contributed by atoms with Crippen LogP contribution < -0.4 is 0 Å². The molecule has 0 saturated carbocycles. The van der Waals surface area contributed by atoms with Gasteiger partial charge in [0, 0.05) is 0 Å². The lowest BCUT2D eigenvalue weighted by Crippen LogP contribution is -2.38. The maximum absolute atomic E-state index is 11.9. The number of thiocarbonyl (C=S) groups is 1. The van der Waals surface area contributed by atoms with Crippen LogP contribution in [-0.4, -0.2) is 27.6 Å². The summed E-state index contributed by atoms with van der Waals surface area (Å²) in [5.41, 5.74) is 0. The molecule has 0 spiro atoms. The number of rotatable bonds is 5. The number of hydrogen-bond donors (Lipinski definition) is 0. The second-order valence-corrected chi connectivity index (χ2v) is 7.39. The van der Waals surface area contributed by atoms with Crippen molar-refractivity contribution in [1.82, 2.24) is 0 Å². The van der Waals surface area contributed by atoms with Gasteiger partial charge >= 0.3 is 5.97 Å². The summed E-state index contributed by atoms with van der Waals surface area (Å²) in [5.74, 6) is 0.279. The molecule has 0 saturated heterocycles. The van der Waals surface area contributed by atoms with Crippen molar-refractivity contribution in [3.05, 3.63) is 0 Å². The Hall–Kier alpha value is 0.260. The second kappa shape index (κ2) is 7.56. The van der Waals surface area contributed by atoms with Gasteiger partial charge in [-0.1, -0.05) is 44.8 Å². The molecule has 0 fully saturated rings. The third-order valence-electron chi connectivity index (χ3n) is 2.31. The van der Waals surface area contributed by atoms with Crippen molar-refractivity contribution < 1.29 is 9.53 Å². The first-order valence-electron chi connectivity index (χ1n) is 5.27. The third kappa shape index (κ3) is 4.63. The molecular weight excluding hydrogens is 260 g/mol. The van der Waals surface area contributed by atoms with E-state index in [-0.39, 0.29) is 5.97 Å². The molecule has 0 amide bonds. The van der Waals surface area contributed by atoms with E-state index < -0.39 is 4.75 Å². The molecule has 5 heteroatoms. The molecule has 1 unspecified atom stereocenters. The van der Waals surface area contributed by atoms with Crippen LogP contribution in [0.2, 0.25) is 0 Å². The first-order valence-corrected chi connectivity index (χ1v) is 7.72. The van der Waals surface area contributed by atoms with E-state index in [1.54, 1.807) is 0 Å². The Labute approximate surface area is 112 Å². The van der Waals surface area contributed by atoms with Gasteiger partial charge < -0.3 is 4.74 Å². The molecule has 2 nitrogen and oxygen atoms in total. The quantitative estimate of drug-likeness (QED) is 0.565. The number of esters is 1. The summed E-state index contributed by atoms with van der Waals surface area (Å²) in [7, 11) is 1.44. The van der Waals surface area contributed by atoms with Crippen LogP contribution in [0.1, 0.15) is 33.6 Å². The van der Waals surface area contributed by atoms with Crippen molar-refractivity contribution in [2.75, 3.05) is 13.4 Å². The fourth-order valence-electron chi connectivity index (χ4n) is 1.57. The van der Waals surface area contributed by atoms with Gasteiger partial charge in [0.1, 0.15) is 8.28 Å². The number of carbonyl (C=O) groups excluding carboxylic acids is 1. The number of hydrogen-bond acceptors (Lipinski definition) is 5. The summed E-state index contributed by atoms with van der Waals surface area (Å²) in [4.78, 5) is 11.9. The Morgan fingerprint density at radius 1 is 1.50 bits per heavy atom. The van der Waals surface area contributed by atoms with E-state index in [4.69, 9.17) is 17.0 Å². The zero-order chi connectivity index (χ0) is 12.8. The van der Waals surface area contributed by atoms with E-state index in [2.05, 4.69) is 13.8 Å². The highest BCUT2D eigenvalue weighted by Crippen LogP contribution is 2.39. The molecule has 94 valence electrons. The fourth-order valence-corrected chi connectivity index (χ4v) is 3.91. The lowest BCUT2D eigenvalue weighted by Gasteiger charge is -2.30. The molecule has 1 atom stereocenters. The molecule has 0 aliphatic rings. The summed E-state index contributed by atoms with van der Waals surface area (Å²) < 4.78 is 5.21. The normalized spacial score (nSPS) is 14.6. The molecule has 0 aromatic rings. The van der Waals surface area contributed by atoms with E-state index in [0.717, 1.165) is 16.4 Å². The number of carbonyl (C=O) groups is 1. The van der Waals surface area contributed by atoms with Gasteiger partial charge in [0.25, 0.3) is 0 Å². The van der Waals surface area contributed by atoms with Crippen molar-refractivity contribution in [1.29, 1.82) is 0 Å². The summed E-state index contributed by atoms with van der Waals surface area (Å²) in [6, 6.07) is 0. The average Bonchev–Trinajstić information content (AvgIpc) is 2.25. The molecular formula is C11H20O2S3. The van der Waals surface area contributed by atoms with Crippen molar-refractivity contribution in [3.8, 4) is 0 Å². The van der Waals surface area contributed by atoms with E-state index in [9.17, 15) is 4.79 Å². The maximum Gasteiger partial charge on any atom is 0.322 e. The molecule has 0 radical (unpaired) electrons. The van der Waals surface area contributed by atoms with Crippen LogP contribution in [0.5, 0.6) is 0 Å². The smallest absolute Gasteiger partial charge is 0.322 e. The number of methoxy groups -OCH3 is 1. The highest BCUT2D eigenvalue weighted by molar-refractivity contribution is 8.47. The molecule has 0 heterocycles. The van der Waals surface area contributed by atoms with Crippen LogP contribution in [0.25, 0.3) is 0 Å². The maximum atomic E-state index is 11.9. The van der Waals surface area contributed by atoms with Gasteiger partial charge in [0.2, 0.25) is 0 Å². The summed E-state index contributed by atoms with van der Waals surface area (Å²) in [6.45, 7) is 6.22. The lowest BCUT2D eigenvalue weighted by molar-refractivity contribution is -0.144. The van der Waals surface area contributed by atoms with Crippen molar-refractivity contribution in [2.45, 2.75) is 38.4 Å². The minimum Gasteiger partial charge on any atom is -0.468 e. The molecule has 0 rings (SSSR count). The monoisotopic (exact) mass is 280 g/mol. The zero-order valence-electron chi connectivity index (χ0n) is 10.5. The average molecular weight is 280 g/mol. The van der Waals surface area contributed by atoms with Crippen molar-refractivity contribution in [2.24, 2.45) is 5.92 Å². The fraction of sp³-hybridized carbons (Fsp3) is 0.818. The zero-order valence-corrected chi connectivity index (χ0v) is 13.0. The molecule has 0 aliphatic carbocycles. The minimum absolute atomic E-state index is 0.162. The van der Waals surface area contributed by atoms with Crippen molar-refractivity contribution in [3.63, 3.8) is 0 Å². The Kier molecular flexibility index (Phi) is 7.68. The van der Waals surface area contributed by atoms with Gasteiger partial charge in [0.15, 0.2) is 0 Å². The molecule has 0 aromatic heterocycles. The highest BCUT2D eigenvalue weighted by Gasteiger charge is 2.40. The predicted octanol–water partition coefficient (Wildman–Crippen LogP) is 3.74. The number of ether oxygens (including phenoxy) is 1. The Morgan fingerprint density at radius 2 is 2.06 bits per heavy atom.